The Hall–Kier alpha value is -0.920. The number of nitrogens with zero attached hydrogens (tertiary/aromatic N) is 3. The number of likely N-dealkylation sites (N-methyl/N-ethyl adjacent to an activating group) is 1. The summed E-state index contributed by atoms with van der Waals surface area (Å²) in [5.74, 6) is 0. The molecule has 18 heavy (non-hydrogen) atoms. The van der Waals surface area contributed by atoms with Gasteiger partial charge in [-0.1, -0.05) is 6.92 Å². The standard InChI is InChI=1S/C11H20N4O2S/c1-2-12-5-8-14-10-11(9-13-14)18(16,17)15-6-3-4-7-15/h9-10,12H,2-8H2,1H3. The van der Waals surface area contributed by atoms with Crippen LogP contribution in [0.15, 0.2) is 17.3 Å². The third kappa shape index (κ3) is 2.90. The quantitative estimate of drug-likeness (QED) is 0.755. The average molecular weight is 272 g/mol. The van der Waals surface area contributed by atoms with Gasteiger partial charge in [0, 0.05) is 25.8 Å². The molecule has 1 N–H and O–H groups in total. The normalized spacial score (nSPS) is 17.4. The lowest BCUT2D eigenvalue weighted by Crippen LogP contribution is -2.27. The highest BCUT2D eigenvalue weighted by Crippen LogP contribution is 2.19. The van der Waals surface area contributed by atoms with Crippen molar-refractivity contribution in [1.29, 1.82) is 0 Å². The van der Waals surface area contributed by atoms with Crippen molar-refractivity contribution < 1.29 is 8.42 Å². The van der Waals surface area contributed by atoms with Gasteiger partial charge in [0.25, 0.3) is 0 Å². The second kappa shape index (κ2) is 5.81. The summed E-state index contributed by atoms with van der Waals surface area (Å²) in [6.07, 6.45) is 4.96. The first-order chi connectivity index (χ1) is 8.64. The largest absolute Gasteiger partial charge is 0.315 e. The molecule has 6 nitrogen and oxygen atoms in total. The van der Waals surface area contributed by atoms with Crippen molar-refractivity contribution in [2.75, 3.05) is 26.2 Å². The van der Waals surface area contributed by atoms with E-state index < -0.39 is 10.0 Å². The molecule has 0 bridgehead atoms. The maximum atomic E-state index is 12.2. The first-order valence-electron chi connectivity index (χ1n) is 6.38. The maximum Gasteiger partial charge on any atom is 0.246 e. The van der Waals surface area contributed by atoms with Gasteiger partial charge in [0.1, 0.15) is 4.90 Å². The third-order valence-electron chi connectivity index (χ3n) is 3.08. The number of hydrogen-bond acceptors (Lipinski definition) is 4. The summed E-state index contributed by atoms with van der Waals surface area (Å²) in [5.41, 5.74) is 0. The second-order valence-corrected chi connectivity index (χ2v) is 6.34. The van der Waals surface area contributed by atoms with Crippen LogP contribution >= 0.6 is 0 Å². The van der Waals surface area contributed by atoms with Crippen LogP contribution < -0.4 is 5.32 Å². The van der Waals surface area contributed by atoms with E-state index in [4.69, 9.17) is 0 Å². The lowest BCUT2D eigenvalue weighted by molar-refractivity contribution is 0.477. The molecule has 7 heteroatoms. The van der Waals surface area contributed by atoms with Gasteiger partial charge >= 0.3 is 0 Å². The van der Waals surface area contributed by atoms with E-state index in [9.17, 15) is 8.42 Å². The minimum atomic E-state index is -3.32. The number of sulfonamides is 1. The van der Waals surface area contributed by atoms with Crippen LogP contribution in [0, 0.1) is 0 Å². The van der Waals surface area contributed by atoms with Gasteiger partial charge in [0.2, 0.25) is 10.0 Å². The van der Waals surface area contributed by atoms with Crippen molar-refractivity contribution in [1.82, 2.24) is 19.4 Å². The Kier molecular flexibility index (Phi) is 4.36. The molecule has 1 saturated heterocycles. The van der Waals surface area contributed by atoms with Crippen LogP contribution in [-0.2, 0) is 16.6 Å². The third-order valence-corrected chi connectivity index (χ3v) is 4.93. The monoisotopic (exact) mass is 272 g/mol. The molecule has 2 heterocycles. The molecular formula is C11H20N4O2S. The molecule has 0 aromatic carbocycles. The zero-order valence-corrected chi connectivity index (χ0v) is 11.5. The summed E-state index contributed by atoms with van der Waals surface area (Å²) in [7, 11) is -3.32. The fourth-order valence-corrected chi connectivity index (χ4v) is 3.52. The predicted octanol–water partition coefficient (Wildman–Crippen LogP) is 0.277. The molecule has 0 atom stereocenters. The van der Waals surface area contributed by atoms with Gasteiger partial charge in [-0.25, -0.2) is 8.42 Å². The molecule has 0 amide bonds. The van der Waals surface area contributed by atoms with Crippen molar-refractivity contribution in [3.05, 3.63) is 12.4 Å². The van der Waals surface area contributed by atoms with Gasteiger partial charge in [-0.05, 0) is 19.4 Å². The molecule has 0 radical (unpaired) electrons. The highest BCUT2D eigenvalue weighted by molar-refractivity contribution is 7.89. The summed E-state index contributed by atoms with van der Waals surface area (Å²) < 4.78 is 27.7. The topological polar surface area (TPSA) is 67.2 Å². The molecule has 1 fully saturated rings. The molecule has 2 rings (SSSR count). The van der Waals surface area contributed by atoms with Crippen molar-refractivity contribution >= 4 is 10.0 Å². The smallest absolute Gasteiger partial charge is 0.246 e. The van der Waals surface area contributed by atoms with Gasteiger partial charge in [-0.15, -0.1) is 0 Å². The van der Waals surface area contributed by atoms with E-state index in [1.54, 1.807) is 15.2 Å². The second-order valence-electron chi connectivity index (χ2n) is 4.40. The van der Waals surface area contributed by atoms with Crippen LogP contribution in [0.25, 0.3) is 0 Å². The fourth-order valence-electron chi connectivity index (χ4n) is 2.05. The molecular weight excluding hydrogens is 252 g/mol. The summed E-state index contributed by atoms with van der Waals surface area (Å²) in [4.78, 5) is 0.306. The summed E-state index contributed by atoms with van der Waals surface area (Å²) >= 11 is 0. The van der Waals surface area contributed by atoms with Crippen LogP contribution in [0.1, 0.15) is 19.8 Å². The molecule has 0 spiro atoms. The Morgan fingerprint density at radius 2 is 2.11 bits per heavy atom. The highest BCUT2D eigenvalue weighted by Gasteiger charge is 2.28. The summed E-state index contributed by atoms with van der Waals surface area (Å²) in [6, 6.07) is 0. The van der Waals surface area contributed by atoms with Crippen LogP contribution in [0.4, 0.5) is 0 Å². The van der Waals surface area contributed by atoms with Gasteiger partial charge < -0.3 is 5.32 Å². The van der Waals surface area contributed by atoms with E-state index in [2.05, 4.69) is 10.4 Å². The zero-order chi connectivity index (χ0) is 13.0. The Morgan fingerprint density at radius 3 is 2.78 bits per heavy atom. The van der Waals surface area contributed by atoms with Crippen molar-refractivity contribution in [2.24, 2.45) is 0 Å². The molecule has 0 saturated carbocycles. The SMILES string of the molecule is CCNCCn1cc(S(=O)(=O)N2CCCC2)cn1. The van der Waals surface area contributed by atoms with E-state index in [0.717, 1.165) is 25.9 Å². The van der Waals surface area contributed by atoms with Gasteiger partial charge in [-0.2, -0.15) is 9.40 Å². The van der Waals surface area contributed by atoms with Gasteiger partial charge in [-0.3, -0.25) is 4.68 Å². The molecule has 0 aliphatic carbocycles. The Balaban J connectivity index is 2.04. The van der Waals surface area contributed by atoms with Gasteiger partial charge in [0.15, 0.2) is 0 Å². The number of aromatic nitrogens is 2. The zero-order valence-electron chi connectivity index (χ0n) is 10.7. The minimum Gasteiger partial charge on any atom is -0.315 e. The first-order valence-corrected chi connectivity index (χ1v) is 7.82. The molecule has 0 unspecified atom stereocenters. The number of nitrogens with one attached hydrogen (secondary N) is 1. The molecule has 102 valence electrons. The molecule has 1 aromatic rings. The molecule has 1 aromatic heterocycles. The lowest BCUT2D eigenvalue weighted by atomic mass is 10.4. The van der Waals surface area contributed by atoms with E-state index in [-0.39, 0.29) is 0 Å². The van der Waals surface area contributed by atoms with E-state index in [1.807, 2.05) is 6.92 Å². The minimum absolute atomic E-state index is 0.306. The van der Waals surface area contributed by atoms with E-state index in [1.165, 1.54) is 6.20 Å². The Labute approximate surface area is 108 Å². The van der Waals surface area contributed by atoms with Crippen LogP contribution in [0.5, 0.6) is 0 Å². The predicted molar refractivity (Wildman–Crippen MR) is 68.8 cm³/mol. The number of hydrogen-bond donors (Lipinski definition) is 1. The highest BCUT2D eigenvalue weighted by atomic mass is 32.2. The average Bonchev–Trinajstić information content (AvgIpc) is 3.01. The fraction of sp³-hybridized carbons (Fsp3) is 0.727. The Bertz CT molecular complexity index is 477. The van der Waals surface area contributed by atoms with Crippen LogP contribution in [-0.4, -0.2) is 48.7 Å². The molecule has 1 aliphatic rings. The van der Waals surface area contributed by atoms with Crippen LogP contribution in [0.3, 0.4) is 0 Å². The van der Waals surface area contributed by atoms with Gasteiger partial charge in [0.05, 0.1) is 12.7 Å². The first kappa shape index (κ1) is 13.5. The summed E-state index contributed by atoms with van der Waals surface area (Å²) in [5, 5.41) is 7.28. The summed E-state index contributed by atoms with van der Waals surface area (Å²) in [6.45, 7) is 5.67. The van der Waals surface area contributed by atoms with Crippen molar-refractivity contribution in [3.8, 4) is 0 Å². The van der Waals surface area contributed by atoms with Crippen molar-refractivity contribution in [3.63, 3.8) is 0 Å². The Morgan fingerprint density at radius 1 is 1.39 bits per heavy atom. The lowest BCUT2D eigenvalue weighted by Gasteiger charge is -2.13. The maximum absolute atomic E-state index is 12.2. The molecule has 1 aliphatic heterocycles. The van der Waals surface area contributed by atoms with E-state index >= 15 is 0 Å². The van der Waals surface area contributed by atoms with E-state index in [0.29, 0.717) is 24.5 Å². The number of rotatable bonds is 6. The van der Waals surface area contributed by atoms with Crippen LogP contribution in [0.2, 0.25) is 0 Å². The van der Waals surface area contributed by atoms with Crippen molar-refractivity contribution in [2.45, 2.75) is 31.2 Å².